The second-order valence-corrected chi connectivity index (χ2v) is 7.08. The Morgan fingerprint density at radius 3 is 2.45 bits per heavy atom. The molecule has 0 radical (unpaired) electrons. The first-order valence-corrected chi connectivity index (χ1v) is 7.40. The van der Waals surface area contributed by atoms with Gasteiger partial charge in [0, 0.05) is 5.69 Å². The highest BCUT2D eigenvalue weighted by Crippen LogP contribution is 2.60. The molecule has 1 aliphatic carbocycles. The van der Waals surface area contributed by atoms with Gasteiger partial charge < -0.3 is 5.32 Å². The Morgan fingerprint density at radius 1 is 1.25 bits per heavy atom. The van der Waals surface area contributed by atoms with Gasteiger partial charge in [0.2, 0.25) is 5.91 Å². The summed E-state index contributed by atoms with van der Waals surface area (Å²) in [6.07, 6.45) is 1.76. The normalized spacial score (nSPS) is 23.1. The van der Waals surface area contributed by atoms with Crippen LogP contribution in [0.25, 0.3) is 0 Å². The van der Waals surface area contributed by atoms with Crippen molar-refractivity contribution in [2.45, 2.75) is 27.7 Å². The van der Waals surface area contributed by atoms with Gasteiger partial charge in [-0.1, -0.05) is 43.1 Å². The summed E-state index contributed by atoms with van der Waals surface area (Å²) in [5.74, 6) is 0.0322. The molecule has 1 amide bonds. The van der Waals surface area contributed by atoms with Crippen LogP contribution in [0.15, 0.2) is 28.8 Å². The molecule has 1 aromatic rings. The first kappa shape index (κ1) is 15.4. The topological polar surface area (TPSA) is 29.1 Å². The predicted octanol–water partition coefficient (Wildman–Crippen LogP) is 4.83. The third-order valence-corrected chi connectivity index (χ3v) is 4.53. The third-order valence-electron chi connectivity index (χ3n) is 4.27. The van der Waals surface area contributed by atoms with E-state index in [9.17, 15) is 4.79 Å². The molecule has 4 heteroatoms. The van der Waals surface area contributed by atoms with Gasteiger partial charge in [-0.25, -0.2) is 0 Å². The van der Waals surface area contributed by atoms with Crippen molar-refractivity contribution in [2.75, 3.05) is 5.32 Å². The smallest absolute Gasteiger partial charge is 0.228 e. The summed E-state index contributed by atoms with van der Waals surface area (Å²) < 4.78 is 0.226. The molecule has 1 aromatic carbocycles. The molecule has 2 nitrogen and oxygen atoms in total. The van der Waals surface area contributed by atoms with Crippen LogP contribution in [0.3, 0.4) is 0 Å². The van der Waals surface area contributed by atoms with E-state index >= 15 is 0 Å². The highest BCUT2D eigenvalue weighted by atomic mass is 35.5. The van der Waals surface area contributed by atoms with Crippen molar-refractivity contribution in [1.82, 2.24) is 0 Å². The molecule has 0 unspecified atom stereocenters. The van der Waals surface area contributed by atoms with Gasteiger partial charge in [0.1, 0.15) is 4.49 Å². The molecule has 1 N–H and O–H groups in total. The predicted molar refractivity (Wildman–Crippen MR) is 85.1 cm³/mol. The zero-order valence-corrected chi connectivity index (χ0v) is 13.6. The van der Waals surface area contributed by atoms with Gasteiger partial charge in [-0.3, -0.25) is 4.79 Å². The number of carbonyl (C=O) groups is 1. The molecule has 1 aliphatic rings. The number of carbonyl (C=O) groups excluding carboxylic acids is 1. The molecule has 1 fully saturated rings. The SMILES string of the molecule is Cc1ccc(NC(=O)[C@H]2[C@H](C=C(Cl)Cl)C2(C)C)cc1C. The number of allylic oxidation sites excluding steroid dienone is 1. The van der Waals surface area contributed by atoms with E-state index in [0.717, 1.165) is 11.3 Å². The van der Waals surface area contributed by atoms with Crippen molar-refractivity contribution >= 4 is 34.8 Å². The fourth-order valence-electron chi connectivity index (χ4n) is 2.66. The average molecular weight is 312 g/mol. The Morgan fingerprint density at radius 2 is 1.90 bits per heavy atom. The number of nitrogens with one attached hydrogen (secondary N) is 1. The second kappa shape index (κ2) is 5.42. The van der Waals surface area contributed by atoms with Crippen molar-refractivity contribution in [3.8, 4) is 0 Å². The van der Waals surface area contributed by atoms with Gasteiger partial charge >= 0.3 is 0 Å². The lowest BCUT2D eigenvalue weighted by atomic mass is 10.1. The van der Waals surface area contributed by atoms with Gasteiger partial charge in [-0.05, 0) is 54.5 Å². The first-order valence-electron chi connectivity index (χ1n) is 6.64. The molecule has 20 heavy (non-hydrogen) atoms. The van der Waals surface area contributed by atoms with Crippen molar-refractivity contribution in [3.63, 3.8) is 0 Å². The molecule has 1 saturated carbocycles. The zero-order valence-electron chi connectivity index (χ0n) is 12.1. The molecule has 0 heterocycles. The van der Waals surface area contributed by atoms with E-state index in [4.69, 9.17) is 23.2 Å². The molecule has 2 atom stereocenters. The maximum atomic E-state index is 12.4. The lowest BCUT2D eigenvalue weighted by Gasteiger charge is -2.08. The number of amides is 1. The van der Waals surface area contributed by atoms with E-state index in [1.54, 1.807) is 6.08 Å². The van der Waals surface area contributed by atoms with Crippen LogP contribution in [0.5, 0.6) is 0 Å². The van der Waals surface area contributed by atoms with Gasteiger partial charge in [-0.15, -0.1) is 0 Å². The van der Waals surface area contributed by atoms with Crippen LogP contribution in [0.1, 0.15) is 25.0 Å². The van der Waals surface area contributed by atoms with Gasteiger partial charge in [0.15, 0.2) is 0 Å². The standard InChI is InChI=1S/C16H19Cl2NO/c1-9-5-6-11(7-10(9)2)19-15(20)14-12(8-13(17)18)16(14,3)4/h5-8,12,14H,1-4H3,(H,19,20)/t12-,14+/m0/s1. The number of hydrogen-bond donors (Lipinski definition) is 1. The van der Waals surface area contributed by atoms with E-state index in [1.165, 1.54) is 5.56 Å². The summed E-state index contributed by atoms with van der Waals surface area (Å²) in [7, 11) is 0. The van der Waals surface area contributed by atoms with Crippen molar-refractivity contribution in [1.29, 1.82) is 0 Å². The summed E-state index contributed by atoms with van der Waals surface area (Å²) >= 11 is 11.4. The first-order chi connectivity index (χ1) is 9.23. The monoisotopic (exact) mass is 311 g/mol. The minimum Gasteiger partial charge on any atom is -0.326 e. The maximum Gasteiger partial charge on any atom is 0.228 e. The number of aryl methyl sites for hydroxylation is 2. The van der Waals surface area contributed by atoms with Crippen LogP contribution in [-0.2, 0) is 4.79 Å². The van der Waals surface area contributed by atoms with Crippen LogP contribution < -0.4 is 5.32 Å². The number of benzene rings is 1. The van der Waals surface area contributed by atoms with Crippen LogP contribution >= 0.6 is 23.2 Å². The second-order valence-electron chi connectivity index (χ2n) is 6.07. The number of rotatable bonds is 3. The quantitative estimate of drug-likeness (QED) is 0.850. The molecular formula is C16H19Cl2NO. The lowest BCUT2D eigenvalue weighted by Crippen LogP contribution is -2.17. The number of anilines is 1. The molecule has 0 saturated heterocycles. The van der Waals surface area contributed by atoms with Crippen molar-refractivity contribution in [3.05, 3.63) is 39.9 Å². The van der Waals surface area contributed by atoms with Crippen LogP contribution in [0.4, 0.5) is 5.69 Å². The Bertz CT molecular complexity index is 574. The summed E-state index contributed by atoms with van der Waals surface area (Å²) in [5, 5.41) is 2.98. The highest BCUT2D eigenvalue weighted by Gasteiger charge is 2.60. The Hall–Kier alpha value is -0.990. The Kier molecular flexibility index (Phi) is 4.17. The van der Waals surface area contributed by atoms with Crippen LogP contribution in [0, 0.1) is 31.1 Å². The van der Waals surface area contributed by atoms with E-state index in [1.807, 2.05) is 32.0 Å². The van der Waals surface area contributed by atoms with Crippen molar-refractivity contribution in [2.24, 2.45) is 17.3 Å². The van der Waals surface area contributed by atoms with Crippen LogP contribution in [0.2, 0.25) is 0 Å². The summed E-state index contributed by atoms with van der Waals surface area (Å²) in [5.41, 5.74) is 3.11. The minimum atomic E-state index is -0.0984. The molecule has 0 aliphatic heterocycles. The summed E-state index contributed by atoms with van der Waals surface area (Å²) in [4.78, 5) is 12.4. The summed E-state index contributed by atoms with van der Waals surface area (Å²) in [6.45, 7) is 8.18. The van der Waals surface area contributed by atoms with Gasteiger partial charge in [0.25, 0.3) is 0 Å². The largest absolute Gasteiger partial charge is 0.326 e. The molecule has 0 bridgehead atoms. The average Bonchev–Trinajstić information content (AvgIpc) is 2.84. The third kappa shape index (κ3) is 3.02. The zero-order chi connectivity index (χ0) is 15.1. The fraction of sp³-hybridized carbons (Fsp3) is 0.438. The lowest BCUT2D eigenvalue weighted by molar-refractivity contribution is -0.118. The van der Waals surface area contributed by atoms with Crippen LogP contribution in [-0.4, -0.2) is 5.91 Å². The van der Waals surface area contributed by atoms with E-state index in [-0.39, 0.29) is 27.6 Å². The number of halogens is 2. The van der Waals surface area contributed by atoms with Crippen molar-refractivity contribution < 1.29 is 4.79 Å². The summed E-state index contributed by atoms with van der Waals surface area (Å²) in [6, 6.07) is 5.92. The van der Waals surface area contributed by atoms with E-state index in [2.05, 4.69) is 19.2 Å². The molecular weight excluding hydrogens is 293 g/mol. The molecule has 0 aromatic heterocycles. The fourth-order valence-corrected chi connectivity index (χ4v) is 2.94. The highest BCUT2D eigenvalue weighted by molar-refractivity contribution is 6.55. The molecule has 2 rings (SSSR count). The maximum absolute atomic E-state index is 12.4. The van der Waals surface area contributed by atoms with Gasteiger partial charge in [0.05, 0.1) is 5.92 Å². The van der Waals surface area contributed by atoms with Gasteiger partial charge in [-0.2, -0.15) is 0 Å². The number of hydrogen-bond acceptors (Lipinski definition) is 1. The molecule has 0 spiro atoms. The van der Waals surface area contributed by atoms with E-state index < -0.39 is 0 Å². The molecule has 108 valence electrons. The Labute approximate surface area is 130 Å². The Balaban J connectivity index is 2.10. The minimum absolute atomic E-state index is 0.0223. The van der Waals surface area contributed by atoms with E-state index in [0.29, 0.717) is 0 Å².